The molecular formula is C22H28N2O4. The zero-order valence-electron chi connectivity index (χ0n) is 17.2. The van der Waals surface area contributed by atoms with Gasteiger partial charge in [0.1, 0.15) is 0 Å². The van der Waals surface area contributed by atoms with Crippen LogP contribution >= 0.6 is 0 Å². The van der Waals surface area contributed by atoms with E-state index in [1.807, 2.05) is 50.2 Å². The Kier molecular flexibility index (Phi) is 7.44. The van der Waals surface area contributed by atoms with Gasteiger partial charge in [-0.25, -0.2) is 0 Å². The third-order valence-electron chi connectivity index (χ3n) is 4.40. The molecule has 1 N–H and O–H groups in total. The average molecular weight is 384 g/mol. The lowest BCUT2D eigenvalue weighted by Crippen LogP contribution is -2.38. The highest BCUT2D eigenvalue weighted by atomic mass is 16.5. The number of carbonyl (C=O) groups excluding carboxylic acids is 2. The summed E-state index contributed by atoms with van der Waals surface area (Å²) in [5, 5.41) is 2.87. The van der Waals surface area contributed by atoms with Gasteiger partial charge in [0.05, 0.1) is 20.8 Å². The van der Waals surface area contributed by atoms with Gasteiger partial charge in [-0.05, 0) is 61.2 Å². The molecule has 28 heavy (non-hydrogen) atoms. The monoisotopic (exact) mass is 384 g/mol. The van der Waals surface area contributed by atoms with Gasteiger partial charge in [0, 0.05) is 19.2 Å². The number of nitrogens with one attached hydrogen (secondary N) is 1. The normalized spacial score (nSPS) is 10.3. The second-order valence-corrected chi connectivity index (χ2v) is 6.80. The molecule has 0 aliphatic carbocycles. The van der Waals surface area contributed by atoms with Crippen molar-refractivity contribution in [2.75, 3.05) is 32.6 Å². The Bertz CT molecular complexity index is 828. The van der Waals surface area contributed by atoms with Gasteiger partial charge in [0.15, 0.2) is 11.5 Å². The number of carbonyl (C=O) groups is 2. The highest BCUT2D eigenvalue weighted by Crippen LogP contribution is 2.27. The van der Waals surface area contributed by atoms with E-state index in [4.69, 9.17) is 9.47 Å². The molecule has 0 saturated heterocycles. The van der Waals surface area contributed by atoms with Crippen molar-refractivity contribution < 1.29 is 19.1 Å². The first-order chi connectivity index (χ1) is 13.3. The Hall–Kier alpha value is -3.02. The maximum atomic E-state index is 12.4. The fraction of sp³-hybridized carbons (Fsp3) is 0.364. The van der Waals surface area contributed by atoms with E-state index in [2.05, 4.69) is 5.32 Å². The molecule has 150 valence electrons. The number of rotatable bonds is 8. The summed E-state index contributed by atoms with van der Waals surface area (Å²) < 4.78 is 10.6. The average Bonchev–Trinajstić information content (AvgIpc) is 2.63. The van der Waals surface area contributed by atoms with Crippen LogP contribution in [0.1, 0.15) is 23.6 Å². The van der Waals surface area contributed by atoms with Crippen molar-refractivity contribution in [3.05, 3.63) is 53.1 Å². The first-order valence-electron chi connectivity index (χ1n) is 9.17. The molecule has 2 amide bonds. The van der Waals surface area contributed by atoms with Crippen LogP contribution in [0.3, 0.4) is 0 Å². The molecule has 0 spiro atoms. The van der Waals surface area contributed by atoms with Gasteiger partial charge < -0.3 is 19.7 Å². The van der Waals surface area contributed by atoms with Gasteiger partial charge in [0.2, 0.25) is 11.8 Å². The topological polar surface area (TPSA) is 67.9 Å². The predicted molar refractivity (Wildman–Crippen MR) is 110 cm³/mol. The SMILES string of the molecule is COc1ccc(CCN(CC(=O)Nc2cc(C)cc(C)c2)C(C)=O)cc1OC. The number of methoxy groups -OCH3 is 2. The minimum absolute atomic E-state index is 0.00954. The second kappa shape index (κ2) is 9.78. The summed E-state index contributed by atoms with van der Waals surface area (Å²) in [7, 11) is 3.17. The number of hydrogen-bond donors (Lipinski definition) is 1. The quantitative estimate of drug-likeness (QED) is 0.758. The van der Waals surface area contributed by atoms with Crippen LogP contribution in [-0.2, 0) is 16.0 Å². The number of ether oxygens (including phenoxy) is 2. The Labute approximate surface area is 166 Å². The zero-order chi connectivity index (χ0) is 20.7. The van der Waals surface area contributed by atoms with Crippen molar-refractivity contribution in [3.8, 4) is 11.5 Å². The summed E-state index contributed by atoms with van der Waals surface area (Å²) in [6.45, 7) is 5.88. The Balaban J connectivity index is 1.99. The number of anilines is 1. The maximum absolute atomic E-state index is 12.4. The second-order valence-electron chi connectivity index (χ2n) is 6.80. The number of amides is 2. The van der Waals surface area contributed by atoms with Crippen molar-refractivity contribution in [2.45, 2.75) is 27.2 Å². The fourth-order valence-electron chi connectivity index (χ4n) is 3.07. The van der Waals surface area contributed by atoms with Gasteiger partial charge in [0.25, 0.3) is 0 Å². The van der Waals surface area contributed by atoms with E-state index in [0.717, 1.165) is 22.4 Å². The first kappa shape index (κ1) is 21.3. The van der Waals surface area contributed by atoms with Crippen molar-refractivity contribution in [2.24, 2.45) is 0 Å². The maximum Gasteiger partial charge on any atom is 0.243 e. The smallest absolute Gasteiger partial charge is 0.243 e. The van der Waals surface area contributed by atoms with Gasteiger partial charge in [-0.3, -0.25) is 9.59 Å². The molecule has 0 unspecified atom stereocenters. The van der Waals surface area contributed by atoms with Gasteiger partial charge in [-0.1, -0.05) is 12.1 Å². The van der Waals surface area contributed by atoms with E-state index in [1.54, 1.807) is 14.2 Å². The molecule has 0 aromatic heterocycles. The van der Waals surface area contributed by atoms with Gasteiger partial charge in [-0.2, -0.15) is 0 Å². The van der Waals surface area contributed by atoms with Crippen molar-refractivity contribution in [3.63, 3.8) is 0 Å². The fourth-order valence-corrected chi connectivity index (χ4v) is 3.07. The molecule has 0 saturated carbocycles. The third-order valence-corrected chi connectivity index (χ3v) is 4.40. The number of hydrogen-bond acceptors (Lipinski definition) is 4. The number of nitrogens with zero attached hydrogens (tertiary/aromatic N) is 1. The lowest BCUT2D eigenvalue weighted by atomic mass is 10.1. The zero-order valence-corrected chi connectivity index (χ0v) is 17.2. The third kappa shape index (κ3) is 6.01. The first-order valence-corrected chi connectivity index (χ1v) is 9.17. The van der Waals surface area contributed by atoms with Crippen molar-refractivity contribution in [1.29, 1.82) is 0 Å². The van der Waals surface area contributed by atoms with Crippen LogP contribution in [0.2, 0.25) is 0 Å². The van der Waals surface area contributed by atoms with E-state index >= 15 is 0 Å². The minimum atomic E-state index is -0.215. The molecule has 0 atom stereocenters. The Morgan fingerprint density at radius 1 is 0.964 bits per heavy atom. The van der Waals surface area contributed by atoms with Crippen LogP contribution < -0.4 is 14.8 Å². The molecule has 0 bridgehead atoms. The Morgan fingerprint density at radius 2 is 1.61 bits per heavy atom. The van der Waals surface area contributed by atoms with E-state index < -0.39 is 0 Å². The summed E-state index contributed by atoms with van der Waals surface area (Å²) in [6.07, 6.45) is 0.608. The lowest BCUT2D eigenvalue weighted by molar-refractivity contribution is -0.132. The Morgan fingerprint density at radius 3 is 2.18 bits per heavy atom. The molecule has 2 aromatic carbocycles. The van der Waals surface area contributed by atoms with Crippen LogP contribution in [0.25, 0.3) is 0 Å². The van der Waals surface area contributed by atoms with Crippen LogP contribution in [-0.4, -0.2) is 44.0 Å². The number of benzene rings is 2. The molecular weight excluding hydrogens is 356 g/mol. The largest absolute Gasteiger partial charge is 0.493 e. The van der Waals surface area contributed by atoms with Crippen LogP contribution in [0.4, 0.5) is 5.69 Å². The van der Waals surface area contributed by atoms with Crippen LogP contribution in [0, 0.1) is 13.8 Å². The van der Waals surface area contributed by atoms with E-state index in [9.17, 15) is 9.59 Å². The molecule has 2 rings (SSSR count). The number of aryl methyl sites for hydroxylation is 2. The van der Waals surface area contributed by atoms with E-state index in [0.29, 0.717) is 24.5 Å². The molecule has 0 heterocycles. The molecule has 0 fully saturated rings. The molecule has 0 aliphatic rings. The summed E-state index contributed by atoms with van der Waals surface area (Å²) in [4.78, 5) is 25.9. The molecule has 6 nitrogen and oxygen atoms in total. The molecule has 0 aliphatic heterocycles. The van der Waals surface area contributed by atoms with Crippen LogP contribution in [0.5, 0.6) is 11.5 Å². The predicted octanol–water partition coefficient (Wildman–Crippen LogP) is 3.35. The molecule has 6 heteroatoms. The van der Waals surface area contributed by atoms with E-state index in [-0.39, 0.29) is 18.4 Å². The standard InChI is InChI=1S/C22H28N2O4/c1-15-10-16(2)12-19(11-15)23-22(26)14-24(17(3)25)9-8-18-6-7-20(27-4)21(13-18)28-5/h6-7,10-13H,8-9,14H2,1-5H3,(H,23,26). The van der Waals surface area contributed by atoms with Crippen LogP contribution in [0.15, 0.2) is 36.4 Å². The summed E-state index contributed by atoms with van der Waals surface area (Å²) in [6, 6.07) is 11.5. The lowest BCUT2D eigenvalue weighted by Gasteiger charge is -2.21. The highest BCUT2D eigenvalue weighted by molar-refractivity contribution is 5.94. The minimum Gasteiger partial charge on any atom is -0.493 e. The molecule has 2 aromatic rings. The van der Waals surface area contributed by atoms with Crippen molar-refractivity contribution >= 4 is 17.5 Å². The van der Waals surface area contributed by atoms with Gasteiger partial charge in [-0.15, -0.1) is 0 Å². The van der Waals surface area contributed by atoms with Gasteiger partial charge >= 0.3 is 0 Å². The molecule has 0 radical (unpaired) electrons. The summed E-state index contributed by atoms with van der Waals surface area (Å²) in [5.74, 6) is 0.938. The highest BCUT2D eigenvalue weighted by Gasteiger charge is 2.15. The summed E-state index contributed by atoms with van der Waals surface area (Å²) in [5.41, 5.74) is 3.89. The van der Waals surface area contributed by atoms with Crippen molar-refractivity contribution in [1.82, 2.24) is 4.90 Å². The summed E-state index contributed by atoms with van der Waals surface area (Å²) >= 11 is 0. The van der Waals surface area contributed by atoms with E-state index in [1.165, 1.54) is 11.8 Å².